The van der Waals surface area contributed by atoms with Gasteiger partial charge in [0.2, 0.25) is 11.7 Å². The molecule has 0 amide bonds. The lowest BCUT2D eigenvalue weighted by Crippen LogP contribution is -2.65. The maximum atomic E-state index is 13.7. The predicted octanol–water partition coefficient (Wildman–Crippen LogP) is -2.03. The average molecular weight is 627 g/mol. The molecule has 10 unspecified atom stereocenters. The van der Waals surface area contributed by atoms with Crippen molar-refractivity contribution >= 4 is 21.9 Å². The Balaban J connectivity index is 1.55. The van der Waals surface area contributed by atoms with E-state index in [9.17, 15) is 40.5 Å². The van der Waals surface area contributed by atoms with Crippen LogP contribution in [0.3, 0.4) is 0 Å². The summed E-state index contributed by atoms with van der Waals surface area (Å²) >= 11 is 0. The molecule has 1 aromatic heterocycles. The van der Waals surface area contributed by atoms with Crippen LogP contribution in [-0.4, -0.2) is 132 Å². The van der Waals surface area contributed by atoms with Gasteiger partial charge in [0, 0.05) is 6.07 Å². The Bertz CT molecular complexity index is 1520. The van der Waals surface area contributed by atoms with Crippen molar-refractivity contribution in [1.29, 1.82) is 0 Å². The Morgan fingerprint density at radius 3 is 1.91 bits per heavy atom. The van der Waals surface area contributed by atoms with E-state index < -0.39 is 80.1 Å². The molecule has 5 rings (SSSR count). The standard InChI is InChI=1S/C28H34O16/c1-37-12-4-5-13(38-2)25-17(12)18(31)11-6-10(7-14(39-3)24(11)43-25)40-28-26(22(35)20(33)16(9-30)42-28)44-27-23(36)21(34)19(32)15(8-29)41-27/h4-7,15-16,19-23,26-30,32-36H,8-9H2,1-3H3. The Morgan fingerprint density at radius 2 is 1.30 bits per heavy atom. The Labute approximate surface area is 249 Å². The second-order valence-corrected chi connectivity index (χ2v) is 10.2. The van der Waals surface area contributed by atoms with Crippen molar-refractivity contribution in [3.63, 3.8) is 0 Å². The van der Waals surface area contributed by atoms with Crippen LogP contribution in [0.4, 0.5) is 0 Å². The minimum absolute atomic E-state index is 0.0000872. The van der Waals surface area contributed by atoms with Crippen LogP contribution in [-0.2, 0) is 14.2 Å². The number of fused-ring (bicyclic) bond motifs is 2. The van der Waals surface area contributed by atoms with E-state index in [4.69, 9.17) is 37.6 Å². The van der Waals surface area contributed by atoms with E-state index in [0.717, 1.165) is 0 Å². The van der Waals surface area contributed by atoms with E-state index in [1.54, 1.807) is 12.1 Å². The van der Waals surface area contributed by atoms with Crippen molar-refractivity contribution < 1.29 is 73.3 Å². The molecule has 10 atom stereocenters. The molecule has 2 aromatic carbocycles. The largest absolute Gasteiger partial charge is 0.496 e. The van der Waals surface area contributed by atoms with Gasteiger partial charge in [0.15, 0.2) is 35.1 Å². The fraction of sp³-hybridized carbons (Fsp3) is 0.536. The van der Waals surface area contributed by atoms with E-state index in [0.29, 0.717) is 0 Å². The summed E-state index contributed by atoms with van der Waals surface area (Å²) in [5.74, 6) is 0.486. The van der Waals surface area contributed by atoms with E-state index in [1.807, 2.05) is 0 Å². The highest BCUT2D eigenvalue weighted by atomic mass is 16.8. The third kappa shape index (κ3) is 5.54. The SMILES string of the molecule is COc1cc(OC2OC(CO)C(O)C(O)C2OC2OC(CO)C(O)C(O)C2O)cc2c(=O)c3c(OC)ccc(OC)c3oc12. The minimum atomic E-state index is -1.85. The summed E-state index contributed by atoms with van der Waals surface area (Å²) in [4.78, 5) is 13.7. The molecule has 2 fully saturated rings. The van der Waals surface area contributed by atoms with E-state index >= 15 is 0 Å². The lowest BCUT2D eigenvalue weighted by atomic mass is 9.97. The van der Waals surface area contributed by atoms with Gasteiger partial charge in [-0.05, 0) is 18.2 Å². The first-order valence-corrected chi connectivity index (χ1v) is 13.5. The molecule has 0 saturated carbocycles. The Morgan fingerprint density at radius 1 is 0.705 bits per heavy atom. The van der Waals surface area contributed by atoms with Crippen molar-refractivity contribution in [2.24, 2.45) is 0 Å². The first kappa shape index (κ1) is 32.1. The number of hydrogen-bond donors (Lipinski definition) is 7. The van der Waals surface area contributed by atoms with Crippen molar-refractivity contribution in [1.82, 2.24) is 0 Å². The summed E-state index contributed by atoms with van der Waals surface area (Å²) < 4.78 is 45.0. The maximum Gasteiger partial charge on any atom is 0.229 e. The molecule has 3 heterocycles. The summed E-state index contributed by atoms with van der Waals surface area (Å²) in [6, 6.07) is 5.78. The molecule has 16 nitrogen and oxygen atoms in total. The lowest BCUT2D eigenvalue weighted by Gasteiger charge is -2.45. The highest BCUT2D eigenvalue weighted by Gasteiger charge is 2.51. The maximum absolute atomic E-state index is 13.7. The molecule has 44 heavy (non-hydrogen) atoms. The molecule has 3 aromatic rings. The molecular weight excluding hydrogens is 592 g/mol. The van der Waals surface area contributed by atoms with Gasteiger partial charge >= 0.3 is 0 Å². The molecule has 2 saturated heterocycles. The first-order valence-electron chi connectivity index (χ1n) is 13.5. The number of aliphatic hydroxyl groups excluding tert-OH is 7. The normalized spacial score (nSPS) is 32.5. The van der Waals surface area contributed by atoms with Crippen LogP contribution < -0.4 is 24.4 Å². The van der Waals surface area contributed by atoms with Gasteiger partial charge in [-0.2, -0.15) is 0 Å². The predicted molar refractivity (Wildman–Crippen MR) is 147 cm³/mol. The molecule has 2 aliphatic rings. The molecular formula is C28H34O16. The number of benzene rings is 2. The summed E-state index contributed by atoms with van der Waals surface area (Å²) in [6.45, 7) is -1.47. The second-order valence-electron chi connectivity index (χ2n) is 10.2. The van der Waals surface area contributed by atoms with Crippen LogP contribution in [0.25, 0.3) is 21.9 Å². The van der Waals surface area contributed by atoms with E-state index in [1.165, 1.54) is 33.5 Å². The topological polar surface area (TPSA) is 236 Å². The van der Waals surface area contributed by atoms with Crippen LogP contribution in [0.5, 0.6) is 23.0 Å². The van der Waals surface area contributed by atoms with Crippen molar-refractivity contribution in [2.45, 2.75) is 61.4 Å². The van der Waals surface area contributed by atoms with E-state index in [2.05, 4.69) is 0 Å². The molecule has 0 spiro atoms. The third-order valence-electron chi connectivity index (χ3n) is 7.66. The molecule has 2 aliphatic heterocycles. The van der Waals surface area contributed by atoms with Crippen LogP contribution in [0.15, 0.2) is 33.5 Å². The summed E-state index contributed by atoms with van der Waals surface area (Å²) in [5.41, 5.74) is -0.364. The monoisotopic (exact) mass is 626 g/mol. The van der Waals surface area contributed by atoms with Crippen LogP contribution in [0, 0.1) is 0 Å². The second kappa shape index (κ2) is 13.0. The highest BCUT2D eigenvalue weighted by Crippen LogP contribution is 2.39. The van der Waals surface area contributed by atoms with Gasteiger partial charge in [0.05, 0.1) is 39.9 Å². The van der Waals surface area contributed by atoms with Gasteiger partial charge in [-0.3, -0.25) is 4.79 Å². The van der Waals surface area contributed by atoms with Crippen LogP contribution in [0.2, 0.25) is 0 Å². The van der Waals surface area contributed by atoms with Gasteiger partial charge in [-0.25, -0.2) is 0 Å². The van der Waals surface area contributed by atoms with Crippen LogP contribution in [0.1, 0.15) is 0 Å². The zero-order valence-corrected chi connectivity index (χ0v) is 23.8. The van der Waals surface area contributed by atoms with Gasteiger partial charge in [0.1, 0.15) is 59.6 Å². The number of hydrogen-bond acceptors (Lipinski definition) is 16. The zero-order valence-electron chi connectivity index (χ0n) is 23.8. The fourth-order valence-electron chi connectivity index (χ4n) is 5.26. The van der Waals surface area contributed by atoms with Gasteiger partial charge in [-0.1, -0.05) is 0 Å². The summed E-state index contributed by atoms with van der Waals surface area (Å²) in [5, 5.41) is 71.6. The quantitative estimate of drug-likeness (QED) is 0.127. The number of methoxy groups -OCH3 is 3. The Hall–Kier alpha value is -3.29. The molecule has 16 heteroatoms. The van der Waals surface area contributed by atoms with Crippen molar-refractivity contribution in [3.05, 3.63) is 34.5 Å². The molecule has 0 bridgehead atoms. The molecule has 0 radical (unpaired) electrons. The van der Waals surface area contributed by atoms with Gasteiger partial charge in [0.25, 0.3) is 0 Å². The van der Waals surface area contributed by atoms with Crippen molar-refractivity contribution in [2.75, 3.05) is 34.5 Å². The third-order valence-corrected chi connectivity index (χ3v) is 7.66. The first-order chi connectivity index (χ1) is 21.1. The molecule has 0 aliphatic carbocycles. The summed E-state index contributed by atoms with van der Waals surface area (Å²) in [6.07, 6.45) is -16.5. The molecule has 7 N–H and O–H groups in total. The number of ether oxygens (including phenoxy) is 7. The van der Waals surface area contributed by atoms with Crippen LogP contribution >= 0.6 is 0 Å². The minimum Gasteiger partial charge on any atom is -0.496 e. The number of aliphatic hydroxyl groups is 7. The van der Waals surface area contributed by atoms with Gasteiger partial charge < -0.3 is 73.3 Å². The highest BCUT2D eigenvalue weighted by molar-refractivity contribution is 5.98. The van der Waals surface area contributed by atoms with Gasteiger partial charge in [-0.15, -0.1) is 0 Å². The average Bonchev–Trinajstić information content (AvgIpc) is 3.03. The molecule has 242 valence electrons. The van der Waals surface area contributed by atoms with E-state index in [-0.39, 0.29) is 44.9 Å². The lowest BCUT2D eigenvalue weighted by molar-refractivity contribution is -0.357. The Kier molecular flexibility index (Phi) is 9.47. The smallest absolute Gasteiger partial charge is 0.229 e. The summed E-state index contributed by atoms with van der Waals surface area (Å²) in [7, 11) is 4.13. The zero-order chi connectivity index (χ0) is 31.9. The van der Waals surface area contributed by atoms with Crippen molar-refractivity contribution in [3.8, 4) is 23.0 Å². The fourth-order valence-corrected chi connectivity index (χ4v) is 5.26. The number of rotatable bonds is 9.